The molecule has 0 aliphatic rings. The molecule has 2 aromatic carbocycles. The van der Waals surface area contributed by atoms with Gasteiger partial charge in [-0.2, -0.15) is 0 Å². The van der Waals surface area contributed by atoms with Crippen LogP contribution >= 0.6 is 11.6 Å². The molecule has 132 valence electrons. The molecule has 0 spiro atoms. The number of halogens is 1. The molecule has 2 aromatic heterocycles. The number of esters is 1. The van der Waals surface area contributed by atoms with Gasteiger partial charge in [0.2, 0.25) is 0 Å². The molecule has 6 heteroatoms. The van der Waals surface area contributed by atoms with Gasteiger partial charge in [0.05, 0.1) is 17.5 Å². The number of rotatable bonds is 5. The average molecular weight is 368 g/mol. The third-order valence-electron chi connectivity index (χ3n) is 4.39. The van der Waals surface area contributed by atoms with Crippen molar-refractivity contribution in [3.05, 3.63) is 65.6 Å². The molecule has 0 radical (unpaired) electrons. The summed E-state index contributed by atoms with van der Waals surface area (Å²) in [6.07, 6.45) is 1.84. The summed E-state index contributed by atoms with van der Waals surface area (Å²) in [5, 5.41) is 1.80. The number of hydrogen-bond donors (Lipinski definition) is 1. The Bertz CT molecular complexity index is 1080. The van der Waals surface area contributed by atoms with Gasteiger partial charge in [0, 0.05) is 23.3 Å². The third-order valence-corrected chi connectivity index (χ3v) is 4.63. The van der Waals surface area contributed by atoms with Crippen LogP contribution in [0.4, 0.5) is 0 Å². The zero-order valence-electron chi connectivity index (χ0n) is 14.3. The van der Waals surface area contributed by atoms with Gasteiger partial charge in [-0.05, 0) is 42.6 Å². The first-order valence-corrected chi connectivity index (χ1v) is 8.86. The molecule has 5 nitrogen and oxygen atoms in total. The van der Waals surface area contributed by atoms with Gasteiger partial charge in [-0.1, -0.05) is 29.8 Å². The van der Waals surface area contributed by atoms with Crippen molar-refractivity contribution >= 4 is 39.5 Å². The molecule has 0 saturated carbocycles. The molecule has 0 fully saturated rings. The van der Waals surface area contributed by atoms with E-state index in [4.69, 9.17) is 16.3 Å². The summed E-state index contributed by atoms with van der Waals surface area (Å²) in [5.74, 6) is 0.357. The summed E-state index contributed by atoms with van der Waals surface area (Å²) >= 11 is 5.99. The van der Waals surface area contributed by atoms with E-state index in [1.54, 1.807) is 12.1 Å². The van der Waals surface area contributed by atoms with Crippen LogP contribution in [0, 0.1) is 0 Å². The fourth-order valence-corrected chi connectivity index (χ4v) is 3.23. The van der Waals surface area contributed by atoms with E-state index < -0.39 is 6.10 Å². The number of nitrogens with zero attached hydrogens (tertiary/aromatic N) is 2. The number of carbonyl (C=O) groups is 1. The molecule has 0 saturated heterocycles. The van der Waals surface area contributed by atoms with Crippen LogP contribution in [0.5, 0.6) is 0 Å². The lowest BCUT2D eigenvalue weighted by molar-refractivity contribution is -0.149. The van der Waals surface area contributed by atoms with Crippen molar-refractivity contribution in [1.29, 1.82) is 0 Å². The van der Waals surface area contributed by atoms with Crippen LogP contribution in [0.25, 0.3) is 21.9 Å². The van der Waals surface area contributed by atoms with Gasteiger partial charge in [-0.3, -0.25) is 4.79 Å². The van der Waals surface area contributed by atoms with Crippen LogP contribution < -0.4 is 0 Å². The van der Waals surface area contributed by atoms with Crippen LogP contribution in [-0.4, -0.2) is 20.5 Å². The zero-order chi connectivity index (χ0) is 18.1. The van der Waals surface area contributed by atoms with E-state index in [0.29, 0.717) is 23.8 Å². The topological polar surface area (TPSA) is 59.9 Å². The Kier molecular flexibility index (Phi) is 4.39. The summed E-state index contributed by atoms with van der Waals surface area (Å²) in [5.41, 5.74) is 2.74. The number of para-hydroxylation sites is 1. The molecule has 0 bridgehead atoms. The van der Waals surface area contributed by atoms with Gasteiger partial charge in [-0.15, -0.1) is 0 Å². The van der Waals surface area contributed by atoms with Gasteiger partial charge in [0.25, 0.3) is 0 Å². The van der Waals surface area contributed by atoms with E-state index in [0.717, 1.165) is 21.9 Å². The Balaban J connectivity index is 1.40. The Morgan fingerprint density at radius 3 is 3.00 bits per heavy atom. The van der Waals surface area contributed by atoms with Crippen molar-refractivity contribution in [2.75, 3.05) is 0 Å². The molecular formula is C20H18ClN3O2. The van der Waals surface area contributed by atoms with Crippen molar-refractivity contribution in [2.24, 2.45) is 0 Å². The monoisotopic (exact) mass is 367 g/mol. The first-order chi connectivity index (χ1) is 12.6. The van der Waals surface area contributed by atoms with E-state index in [1.165, 1.54) is 0 Å². The summed E-state index contributed by atoms with van der Waals surface area (Å²) in [6.45, 7) is 2.39. The average Bonchev–Trinajstić information content (AvgIpc) is 3.23. The first-order valence-electron chi connectivity index (χ1n) is 8.49. The van der Waals surface area contributed by atoms with Crippen LogP contribution in [0.2, 0.25) is 5.02 Å². The second-order valence-corrected chi connectivity index (χ2v) is 6.67. The normalized spacial score (nSPS) is 12.5. The molecule has 0 unspecified atom stereocenters. The number of hydrogen-bond acceptors (Lipinski definition) is 3. The Morgan fingerprint density at radius 1 is 1.27 bits per heavy atom. The van der Waals surface area contributed by atoms with E-state index >= 15 is 0 Å². The first kappa shape index (κ1) is 16.7. The number of aryl methyl sites for hydroxylation is 1. The van der Waals surface area contributed by atoms with Gasteiger partial charge in [0.1, 0.15) is 5.82 Å². The molecule has 0 aliphatic carbocycles. The molecule has 4 aromatic rings. The van der Waals surface area contributed by atoms with E-state index in [-0.39, 0.29) is 5.97 Å². The smallest absolute Gasteiger partial charge is 0.308 e. The highest BCUT2D eigenvalue weighted by Crippen LogP contribution is 2.22. The predicted molar refractivity (Wildman–Crippen MR) is 102 cm³/mol. The summed E-state index contributed by atoms with van der Waals surface area (Å²) in [4.78, 5) is 19.8. The van der Waals surface area contributed by atoms with Crippen molar-refractivity contribution in [1.82, 2.24) is 14.5 Å². The fraction of sp³-hybridized carbons (Fsp3) is 0.200. The molecule has 0 aliphatic heterocycles. The number of ether oxygens (including phenoxy) is 1. The largest absolute Gasteiger partial charge is 0.454 e. The highest BCUT2D eigenvalue weighted by atomic mass is 35.5. The lowest BCUT2D eigenvalue weighted by atomic mass is 10.2. The maximum Gasteiger partial charge on any atom is 0.308 e. The summed E-state index contributed by atoms with van der Waals surface area (Å²) < 4.78 is 7.59. The van der Waals surface area contributed by atoms with Gasteiger partial charge in [0.15, 0.2) is 6.10 Å². The van der Waals surface area contributed by atoms with Crippen LogP contribution in [0.3, 0.4) is 0 Å². The zero-order valence-corrected chi connectivity index (χ0v) is 15.0. The maximum absolute atomic E-state index is 12.2. The number of H-pyrrole nitrogens is 1. The highest BCUT2D eigenvalue weighted by Gasteiger charge is 2.16. The van der Waals surface area contributed by atoms with E-state index in [1.807, 2.05) is 43.5 Å². The maximum atomic E-state index is 12.2. The van der Waals surface area contributed by atoms with Crippen molar-refractivity contribution in [3.63, 3.8) is 0 Å². The fourth-order valence-electron chi connectivity index (χ4n) is 3.05. The molecule has 4 rings (SSSR count). The minimum atomic E-state index is -0.449. The molecular weight excluding hydrogens is 350 g/mol. The highest BCUT2D eigenvalue weighted by molar-refractivity contribution is 6.31. The minimum Gasteiger partial charge on any atom is -0.454 e. The molecule has 26 heavy (non-hydrogen) atoms. The lowest BCUT2D eigenvalue weighted by Gasteiger charge is -2.11. The summed E-state index contributed by atoms with van der Waals surface area (Å²) in [6, 6.07) is 15.6. The number of aromatic nitrogens is 3. The number of carbonyl (C=O) groups excluding carboxylic acids is 1. The predicted octanol–water partition coefficient (Wildman–Crippen LogP) is 4.87. The Hall–Kier alpha value is -2.79. The van der Waals surface area contributed by atoms with Gasteiger partial charge in [-0.25, -0.2) is 4.98 Å². The van der Waals surface area contributed by atoms with E-state index in [9.17, 15) is 4.79 Å². The van der Waals surface area contributed by atoms with E-state index in [2.05, 4.69) is 20.6 Å². The van der Waals surface area contributed by atoms with Crippen molar-refractivity contribution in [2.45, 2.75) is 26.0 Å². The number of imidazole rings is 1. The molecule has 1 atom stereocenters. The molecule has 0 amide bonds. The lowest BCUT2D eigenvalue weighted by Crippen LogP contribution is -2.12. The van der Waals surface area contributed by atoms with Gasteiger partial charge < -0.3 is 14.3 Å². The Labute approximate surface area is 155 Å². The third kappa shape index (κ3) is 3.30. The van der Waals surface area contributed by atoms with Crippen LogP contribution in [0.1, 0.15) is 25.3 Å². The number of fused-ring (bicyclic) bond motifs is 2. The molecule has 1 N–H and O–H groups in total. The summed E-state index contributed by atoms with van der Waals surface area (Å²) in [7, 11) is 0. The SMILES string of the molecule is C[C@H](OC(=O)CCn1ccc2ccccc21)c1nc2ccc(Cl)cc2[nH]1. The second kappa shape index (κ2) is 6.84. The Morgan fingerprint density at radius 2 is 2.12 bits per heavy atom. The number of nitrogens with one attached hydrogen (secondary N) is 1. The minimum absolute atomic E-state index is 0.256. The second-order valence-electron chi connectivity index (χ2n) is 6.23. The van der Waals surface area contributed by atoms with Gasteiger partial charge >= 0.3 is 5.97 Å². The van der Waals surface area contributed by atoms with Crippen LogP contribution in [0.15, 0.2) is 54.7 Å². The quantitative estimate of drug-likeness (QED) is 0.512. The molecule has 2 heterocycles. The standard InChI is InChI=1S/C20H18ClN3O2/c1-13(20-22-16-7-6-15(21)12-17(16)23-20)26-19(25)9-11-24-10-8-14-4-2-3-5-18(14)24/h2-8,10,12-13H,9,11H2,1H3,(H,22,23)/t13-/m0/s1. The number of aromatic amines is 1. The number of benzene rings is 2. The van der Waals surface area contributed by atoms with Crippen LogP contribution in [-0.2, 0) is 16.1 Å². The van der Waals surface area contributed by atoms with Crippen molar-refractivity contribution in [3.8, 4) is 0 Å². The van der Waals surface area contributed by atoms with Crippen molar-refractivity contribution < 1.29 is 9.53 Å².